The van der Waals surface area contributed by atoms with Gasteiger partial charge in [0.2, 0.25) is 0 Å². The molecular formula is C45H72O18. The highest BCUT2D eigenvalue weighted by Gasteiger charge is 2.71. The third kappa shape index (κ3) is 8.95. The smallest absolute Gasteiger partial charge is 0.303 e. The summed E-state index contributed by atoms with van der Waals surface area (Å²) < 4.78 is 41.9. The zero-order valence-electron chi connectivity index (χ0n) is 37.3. The number of ether oxygens (including phenoxy) is 7. The molecular weight excluding hydrogens is 828 g/mol. The first kappa shape index (κ1) is 49.2. The number of aliphatic hydroxyl groups excluding tert-OH is 8. The van der Waals surface area contributed by atoms with Crippen molar-refractivity contribution >= 4 is 11.8 Å². The number of fused-ring (bicyclic) bond motifs is 5. The maximum atomic E-state index is 14.2. The van der Waals surface area contributed by atoms with Gasteiger partial charge in [0.15, 0.2) is 25.0 Å². The number of aliphatic hydroxyl groups is 9. The average molecular weight is 901 g/mol. The van der Waals surface area contributed by atoms with Crippen LogP contribution < -0.4 is 0 Å². The largest absolute Gasteiger partial charge is 0.454 e. The van der Waals surface area contributed by atoms with E-state index in [2.05, 4.69) is 19.9 Å². The van der Waals surface area contributed by atoms with E-state index in [1.165, 1.54) is 12.5 Å². The van der Waals surface area contributed by atoms with Gasteiger partial charge in [-0.25, -0.2) is 0 Å². The molecule has 3 saturated heterocycles. The third-order valence-electron chi connectivity index (χ3n) is 16.4. The van der Waals surface area contributed by atoms with Crippen LogP contribution in [0.3, 0.4) is 0 Å². The van der Waals surface area contributed by atoms with Crippen molar-refractivity contribution in [3.05, 3.63) is 11.6 Å². The highest BCUT2D eigenvalue weighted by molar-refractivity contribution is 5.82. The molecule has 0 radical (unpaired) electrons. The molecule has 7 rings (SSSR count). The fourth-order valence-corrected chi connectivity index (χ4v) is 12.5. The van der Waals surface area contributed by atoms with Crippen molar-refractivity contribution in [3.63, 3.8) is 0 Å². The maximum absolute atomic E-state index is 14.2. The number of carbonyl (C=O) groups excluding carboxylic acids is 2. The monoisotopic (exact) mass is 900 g/mol. The molecule has 9 N–H and O–H groups in total. The summed E-state index contributed by atoms with van der Waals surface area (Å²) in [5.41, 5.74) is -1.55. The Morgan fingerprint density at radius 3 is 2.17 bits per heavy atom. The summed E-state index contributed by atoms with van der Waals surface area (Å²) in [6, 6.07) is 0. The van der Waals surface area contributed by atoms with Crippen LogP contribution in [0.4, 0.5) is 0 Å². The van der Waals surface area contributed by atoms with E-state index in [1.807, 2.05) is 13.8 Å². The number of carbonyl (C=O) groups is 2. The highest BCUT2D eigenvalue weighted by Crippen LogP contribution is 2.69. The minimum Gasteiger partial charge on any atom is -0.454 e. The second kappa shape index (κ2) is 19.1. The van der Waals surface area contributed by atoms with Crippen LogP contribution in [-0.2, 0) is 42.7 Å². The molecule has 7 aliphatic rings. The quantitative estimate of drug-likeness (QED) is 0.0867. The summed E-state index contributed by atoms with van der Waals surface area (Å²) in [6.45, 7) is 10.1. The van der Waals surface area contributed by atoms with Crippen LogP contribution >= 0.6 is 0 Å². The van der Waals surface area contributed by atoms with Gasteiger partial charge < -0.3 is 79.1 Å². The molecule has 18 nitrogen and oxygen atoms in total. The number of rotatable bonds is 13. The van der Waals surface area contributed by atoms with Crippen LogP contribution in [0.25, 0.3) is 0 Å². The number of esters is 1. The molecule has 0 bridgehead atoms. The molecule has 0 aromatic rings. The minimum absolute atomic E-state index is 0.0830. The molecule has 22 unspecified atom stereocenters. The summed E-state index contributed by atoms with van der Waals surface area (Å²) in [5, 5.41) is 96.6. The average Bonchev–Trinajstić information content (AvgIpc) is 3.47. The molecule has 0 spiro atoms. The molecule has 0 aromatic carbocycles. The van der Waals surface area contributed by atoms with Gasteiger partial charge in [-0.2, -0.15) is 0 Å². The van der Waals surface area contributed by atoms with Gasteiger partial charge in [-0.15, -0.1) is 0 Å². The lowest BCUT2D eigenvalue weighted by molar-refractivity contribution is -0.345. The second-order valence-electron chi connectivity index (χ2n) is 20.4. The van der Waals surface area contributed by atoms with Gasteiger partial charge in [0.25, 0.3) is 0 Å². The van der Waals surface area contributed by atoms with E-state index in [1.54, 1.807) is 6.92 Å². The lowest BCUT2D eigenvalue weighted by atomic mass is 9.46. The van der Waals surface area contributed by atoms with Crippen LogP contribution in [0.15, 0.2) is 11.6 Å². The van der Waals surface area contributed by atoms with E-state index in [-0.39, 0.29) is 60.6 Å². The summed E-state index contributed by atoms with van der Waals surface area (Å²) in [7, 11) is 0. The standard InChI is InChI=1S/C45H72O18/c1-20(2)7-10-28(48)21(3)45(56)32(62-42-39(59-22(4)47)38(30(50)19-58-42)63-40-36(54)33(51)29(49)18-57-40)16-27-25-9-8-23-15-24(11-13-43(23,5)26(25)12-14-44(27,45)6)60-41-37(55)35(53)34(52)31(17-46)61-41/h8,20-21,24-27,29-42,46,49-56H,7,9-19H2,1-6H3. The molecule has 0 aromatic heterocycles. The minimum atomic E-state index is -1.71. The maximum Gasteiger partial charge on any atom is 0.303 e. The Kier molecular flexibility index (Phi) is 14.9. The number of allylic oxidation sites excluding steroid dienone is 1. The third-order valence-corrected chi connectivity index (χ3v) is 16.4. The Morgan fingerprint density at radius 2 is 1.49 bits per heavy atom. The van der Waals surface area contributed by atoms with Crippen molar-refractivity contribution in [2.24, 2.45) is 40.4 Å². The molecule has 22 atom stereocenters. The van der Waals surface area contributed by atoms with Crippen molar-refractivity contribution in [2.75, 3.05) is 19.8 Å². The Labute approximate surface area is 368 Å². The Hall–Kier alpha value is -1.72. The Bertz CT molecular complexity index is 1640. The van der Waals surface area contributed by atoms with E-state index in [0.29, 0.717) is 38.5 Å². The van der Waals surface area contributed by atoms with Crippen LogP contribution in [0, 0.1) is 40.4 Å². The number of Topliss-reactive ketones (excluding diaryl/α,β-unsaturated/α-hetero) is 1. The molecule has 18 heteroatoms. The van der Waals surface area contributed by atoms with E-state index in [0.717, 1.165) is 12.8 Å². The van der Waals surface area contributed by atoms with Gasteiger partial charge >= 0.3 is 5.97 Å². The second-order valence-corrected chi connectivity index (χ2v) is 20.4. The lowest BCUT2D eigenvalue weighted by Crippen LogP contribution is -2.64. The fourth-order valence-electron chi connectivity index (χ4n) is 12.5. The van der Waals surface area contributed by atoms with E-state index >= 15 is 0 Å². The number of ketones is 1. The first-order valence-electron chi connectivity index (χ1n) is 23.0. The van der Waals surface area contributed by atoms with Crippen molar-refractivity contribution < 1.29 is 88.7 Å². The van der Waals surface area contributed by atoms with Gasteiger partial charge in [-0.05, 0) is 80.5 Å². The molecule has 63 heavy (non-hydrogen) atoms. The van der Waals surface area contributed by atoms with Gasteiger partial charge in [0, 0.05) is 24.7 Å². The van der Waals surface area contributed by atoms with Crippen molar-refractivity contribution in [1.29, 1.82) is 0 Å². The van der Waals surface area contributed by atoms with Crippen molar-refractivity contribution in [1.82, 2.24) is 0 Å². The molecule has 6 fully saturated rings. The van der Waals surface area contributed by atoms with Crippen LogP contribution in [0.2, 0.25) is 0 Å². The van der Waals surface area contributed by atoms with E-state index in [9.17, 15) is 55.5 Å². The predicted octanol–water partition coefficient (Wildman–Crippen LogP) is -0.0250. The fraction of sp³-hybridized carbons (Fsp3) is 0.911. The van der Waals surface area contributed by atoms with E-state index < -0.39 is 116 Å². The van der Waals surface area contributed by atoms with E-state index in [4.69, 9.17) is 33.2 Å². The van der Waals surface area contributed by atoms with Gasteiger partial charge in [0.1, 0.15) is 66.3 Å². The number of hydrogen-bond donors (Lipinski definition) is 9. The van der Waals surface area contributed by atoms with Crippen LogP contribution in [-0.4, -0.2) is 175 Å². The molecule has 0 amide bonds. The summed E-state index contributed by atoms with van der Waals surface area (Å²) >= 11 is 0. The molecule has 4 aliphatic carbocycles. The molecule has 3 heterocycles. The Balaban J connectivity index is 1.15. The van der Waals surface area contributed by atoms with Crippen molar-refractivity contribution in [2.45, 2.75) is 197 Å². The number of hydrogen-bond acceptors (Lipinski definition) is 18. The van der Waals surface area contributed by atoms with Gasteiger partial charge in [0.05, 0.1) is 32.0 Å². The highest BCUT2D eigenvalue weighted by atomic mass is 16.7. The summed E-state index contributed by atoms with van der Waals surface area (Å²) in [6.07, 6.45) is -12.6. The van der Waals surface area contributed by atoms with Gasteiger partial charge in [-0.3, -0.25) is 9.59 Å². The topological polar surface area (TPSA) is 281 Å². The Morgan fingerprint density at radius 1 is 0.810 bits per heavy atom. The zero-order valence-corrected chi connectivity index (χ0v) is 37.3. The molecule has 3 aliphatic heterocycles. The first-order chi connectivity index (χ1) is 29.7. The first-order valence-corrected chi connectivity index (χ1v) is 23.0. The predicted molar refractivity (Wildman–Crippen MR) is 218 cm³/mol. The normalized spacial score (nSPS) is 49.3. The van der Waals surface area contributed by atoms with Crippen molar-refractivity contribution in [3.8, 4) is 0 Å². The summed E-state index contributed by atoms with van der Waals surface area (Å²) in [4.78, 5) is 26.8. The van der Waals surface area contributed by atoms with Gasteiger partial charge in [-0.1, -0.05) is 46.3 Å². The SMILES string of the molecule is CC(=O)OC1C(OC2CC3C4CC=C5CC(OC6OC(CO)C(O)C(O)C6O)CCC5(C)C4CCC3(C)C2(O)C(C)C(=O)CCC(C)C)OCC(O)C1OC1OCC(O)C(O)C1O. The van der Waals surface area contributed by atoms with Crippen LogP contribution in [0.1, 0.15) is 99.3 Å². The molecule has 360 valence electrons. The summed E-state index contributed by atoms with van der Waals surface area (Å²) in [5.74, 6) is -1.31. The zero-order chi connectivity index (χ0) is 45.9. The lowest BCUT2D eigenvalue weighted by Gasteiger charge is -2.59. The van der Waals surface area contributed by atoms with Crippen LogP contribution in [0.5, 0.6) is 0 Å². The molecule has 3 saturated carbocycles.